The van der Waals surface area contributed by atoms with E-state index in [0.717, 1.165) is 5.75 Å². The van der Waals surface area contributed by atoms with Gasteiger partial charge in [0.25, 0.3) is 10.1 Å². The number of carbonyl (C=O) groups is 2. The van der Waals surface area contributed by atoms with Crippen molar-refractivity contribution in [1.29, 1.82) is 0 Å². The molecule has 3 N–H and O–H groups in total. The fourth-order valence-corrected chi connectivity index (χ4v) is 1.76. The molecular weight excluding hydrogens is 316 g/mol. The van der Waals surface area contributed by atoms with Crippen LogP contribution in [0.2, 0.25) is 0 Å². The molecule has 0 aromatic heterocycles. The van der Waals surface area contributed by atoms with Crippen molar-refractivity contribution in [2.45, 2.75) is 11.7 Å². The second kappa shape index (κ2) is 9.53. The van der Waals surface area contributed by atoms with E-state index < -0.39 is 33.7 Å². The number of carboxylic acids is 2. The minimum Gasteiger partial charge on any atom is -0.490 e. The van der Waals surface area contributed by atoms with E-state index in [9.17, 15) is 18.0 Å². The average Bonchev–Trinajstić information content (AvgIpc) is 2.43. The van der Waals surface area contributed by atoms with Gasteiger partial charge < -0.3 is 14.9 Å². The van der Waals surface area contributed by atoms with Crippen LogP contribution in [-0.2, 0) is 19.7 Å². The minimum atomic E-state index is -4.84. The second-order valence-corrected chi connectivity index (χ2v) is 5.45. The van der Waals surface area contributed by atoms with Crippen LogP contribution in [-0.4, -0.2) is 47.0 Å². The van der Waals surface area contributed by atoms with Crippen molar-refractivity contribution in [3.63, 3.8) is 0 Å². The Labute approximate surface area is 127 Å². The van der Waals surface area contributed by atoms with E-state index in [4.69, 9.17) is 19.5 Å². The summed E-state index contributed by atoms with van der Waals surface area (Å²) in [6, 6.07) is 9.69. The molecular formula is C13H16O8S. The number of hydrogen-bond donors (Lipinski definition) is 3. The van der Waals surface area contributed by atoms with E-state index in [1.807, 2.05) is 30.3 Å². The second-order valence-electron chi connectivity index (χ2n) is 3.85. The fraction of sp³-hybridized carbons (Fsp3) is 0.231. The number of para-hydroxylation sites is 1. The minimum absolute atomic E-state index is 0.573. The maximum atomic E-state index is 10.2. The first-order valence-electron chi connectivity index (χ1n) is 5.88. The Morgan fingerprint density at radius 3 is 2.09 bits per heavy atom. The van der Waals surface area contributed by atoms with Gasteiger partial charge in [-0.25, -0.2) is 0 Å². The first kappa shape index (κ1) is 19.6. The van der Waals surface area contributed by atoms with E-state index >= 15 is 0 Å². The quantitative estimate of drug-likeness (QED) is 0.497. The van der Waals surface area contributed by atoms with Gasteiger partial charge in [0.15, 0.2) is 5.25 Å². The molecule has 0 amide bonds. The lowest BCUT2D eigenvalue weighted by molar-refractivity contribution is -0.143. The van der Waals surface area contributed by atoms with Crippen LogP contribution in [0.5, 0.6) is 5.75 Å². The molecule has 22 heavy (non-hydrogen) atoms. The summed E-state index contributed by atoms with van der Waals surface area (Å²) in [6.45, 7) is 4.12. The molecule has 0 saturated heterocycles. The molecule has 1 unspecified atom stereocenters. The molecule has 1 atom stereocenters. The van der Waals surface area contributed by atoms with Crippen molar-refractivity contribution in [3.8, 4) is 5.75 Å². The lowest BCUT2D eigenvalue weighted by Gasteiger charge is -2.04. The van der Waals surface area contributed by atoms with Crippen LogP contribution in [0.25, 0.3) is 0 Å². The highest BCUT2D eigenvalue weighted by molar-refractivity contribution is 7.87. The van der Waals surface area contributed by atoms with Gasteiger partial charge in [-0.2, -0.15) is 8.42 Å². The average molecular weight is 332 g/mol. The van der Waals surface area contributed by atoms with Crippen LogP contribution in [0.3, 0.4) is 0 Å². The summed E-state index contributed by atoms with van der Waals surface area (Å²) in [6.07, 6.45) is 0.571. The van der Waals surface area contributed by atoms with E-state index in [1.54, 1.807) is 6.08 Å². The van der Waals surface area contributed by atoms with Gasteiger partial charge >= 0.3 is 11.9 Å². The Morgan fingerprint density at radius 2 is 1.77 bits per heavy atom. The van der Waals surface area contributed by atoms with Crippen LogP contribution < -0.4 is 4.74 Å². The first-order chi connectivity index (χ1) is 10.2. The van der Waals surface area contributed by atoms with Crippen LogP contribution >= 0.6 is 0 Å². The van der Waals surface area contributed by atoms with Crippen molar-refractivity contribution in [3.05, 3.63) is 43.0 Å². The highest BCUT2D eigenvalue weighted by Gasteiger charge is 2.33. The molecule has 1 rings (SSSR count). The van der Waals surface area contributed by atoms with E-state index in [0.29, 0.717) is 6.61 Å². The number of ether oxygens (including phenoxy) is 1. The van der Waals surface area contributed by atoms with Crippen LogP contribution in [0.4, 0.5) is 0 Å². The SMILES string of the molecule is C=CCOc1ccccc1.O=C(O)CC(C(=O)O)S(=O)(=O)O. The monoisotopic (exact) mass is 332 g/mol. The number of aliphatic carboxylic acids is 2. The lowest BCUT2D eigenvalue weighted by Crippen LogP contribution is -2.31. The molecule has 1 aromatic carbocycles. The summed E-state index contributed by atoms with van der Waals surface area (Å²) in [4.78, 5) is 20.0. The molecule has 8 nitrogen and oxygen atoms in total. The van der Waals surface area contributed by atoms with Gasteiger partial charge in [-0.15, -0.1) is 0 Å². The van der Waals surface area contributed by atoms with Crippen LogP contribution in [0.1, 0.15) is 6.42 Å². The van der Waals surface area contributed by atoms with E-state index in [1.165, 1.54) is 0 Å². The van der Waals surface area contributed by atoms with Crippen LogP contribution in [0, 0.1) is 0 Å². The normalized spacial score (nSPS) is 11.5. The Morgan fingerprint density at radius 1 is 1.23 bits per heavy atom. The molecule has 122 valence electrons. The summed E-state index contributed by atoms with van der Waals surface area (Å²) >= 11 is 0. The number of benzene rings is 1. The molecule has 0 saturated carbocycles. The fourth-order valence-electron chi connectivity index (χ4n) is 1.15. The van der Waals surface area contributed by atoms with Gasteiger partial charge in [-0.05, 0) is 12.1 Å². The van der Waals surface area contributed by atoms with Gasteiger partial charge in [0, 0.05) is 0 Å². The largest absolute Gasteiger partial charge is 0.490 e. The third-order valence-electron chi connectivity index (χ3n) is 2.11. The number of hydrogen-bond acceptors (Lipinski definition) is 5. The molecule has 0 aliphatic rings. The molecule has 0 aliphatic carbocycles. The Balaban J connectivity index is 0.000000406. The summed E-state index contributed by atoms with van der Waals surface area (Å²) in [5.74, 6) is -2.61. The zero-order chi connectivity index (χ0) is 17.2. The predicted octanol–water partition coefficient (Wildman–Crippen LogP) is 1.05. The summed E-state index contributed by atoms with van der Waals surface area (Å²) in [5.41, 5.74) is 0. The maximum absolute atomic E-state index is 10.2. The summed E-state index contributed by atoms with van der Waals surface area (Å²) in [7, 11) is -4.84. The van der Waals surface area contributed by atoms with Gasteiger partial charge in [0.1, 0.15) is 12.4 Å². The number of carboxylic acid groups (broad SMARTS) is 2. The van der Waals surface area contributed by atoms with Gasteiger partial charge in [0.05, 0.1) is 6.42 Å². The van der Waals surface area contributed by atoms with Crippen molar-refractivity contribution in [1.82, 2.24) is 0 Å². The smallest absolute Gasteiger partial charge is 0.325 e. The van der Waals surface area contributed by atoms with Gasteiger partial charge in [-0.3, -0.25) is 14.1 Å². The first-order valence-corrected chi connectivity index (χ1v) is 7.38. The molecule has 1 aromatic rings. The van der Waals surface area contributed by atoms with Crippen LogP contribution in [0.15, 0.2) is 43.0 Å². The number of rotatable bonds is 7. The Hall–Kier alpha value is -2.39. The molecule has 0 radical (unpaired) electrons. The van der Waals surface area contributed by atoms with Crippen molar-refractivity contribution in [2.24, 2.45) is 0 Å². The van der Waals surface area contributed by atoms with Gasteiger partial charge in [-0.1, -0.05) is 30.9 Å². The highest BCUT2D eigenvalue weighted by atomic mass is 32.2. The third-order valence-corrected chi connectivity index (χ3v) is 3.19. The Kier molecular flexibility index (Phi) is 8.49. The molecule has 0 heterocycles. The molecule has 0 fully saturated rings. The summed E-state index contributed by atoms with van der Waals surface area (Å²) < 4.78 is 33.9. The van der Waals surface area contributed by atoms with Crippen molar-refractivity contribution < 1.29 is 37.5 Å². The zero-order valence-electron chi connectivity index (χ0n) is 11.5. The lowest BCUT2D eigenvalue weighted by atomic mass is 10.3. The molecule has 0 aliphatic heterocycles. The molecule has 9 heteroatoms. The van der Waals surface area contributed by atoms with Gasteiger partial charge in [0.2, 0.25) is 0 Å². The van der Waals surface area contributed by atoms with Crippen molar-refractivity contribution in [2.75, 3.05) is 6.61 Å². The predicted molar refractivity (Wildman–Crippen MR) is 77.4 cm³/mol. The zero-order valence-corrected chi connectivity index (χ0v) is 12.3. The highest BCUT2D eigenvalue weighted by Crippen LogP contribution is 2.07. The topological polar surface area (TPSA) is 138 Å². The Bertz CT molecular complexity index is 594. The molecule has 0 bridgehead atoms. The molecule has 0 spiro atoms. The summed E-state index contributed by atoms with van der Waals surface area (Å²) in [5, 5.41) is 13.9. The van der Waals surface area contributed by atoms with E-state index in [-0.39, 0.29) is 0 Å². The van der Waals surface area contributed by atoms with E-state index in [2.05, 4.69) is 6.58 Å². The third kappa shape index (κ3) is 8.72. The maximum Gasteiger partial charge on any atom is 0.325 e. The van der Waals surface area contributed by atoms with Crippen molar-refractivity contribution >= 4 is 22.1 Å². The standard InChI is InChI=1S/C9H10O.C4H6O7S/c1-2-8-10-9-6-4-3-5-7-9;5-3(6)1-2(4(7)8)12(9,10)11/h2-7H,1,8H2;2H,1H2,(H,5,6)(H,7,8)(H,9,10,11).